The molecule has 0 saturated heterocycles. The molecule has 31 heavy (non-hydrogen) atoms. The average Bonchev–Trinajstić information content (AvgIpc) is 3.50. The Labute approximate surface area is 183 Å². The predicted molar refractivity (Wildman–Crippen MR) is 123 cm³/mol. The molecule has 1 N–H and O–H groups in total. The second-order valence-corrected chi connectivity index (χ2v) is 8.37. The average molecular weight is 417 g/mol. The number of benzene rings is 2. The van der Waals surface area contributed by atoms with Gasteiger partial charge in [-0.2, -0.15) is 0 Å². The molecule has 1 aromatic heterocycles. The van der Waals surface area contributed by atoms with E-state index in [1.54, 1.807) is 6.20 Å². The molecule has 1 heterocycles. The van der Waals surface area contributed by atoms with Gasteiger partial charge in [-0.1, -0.05) is 36.4 Å². The standard InChI is InChI=1S/C25H28N4O2/c1-17-23(15-26-18(2)27-17)31-16-25(19-9-6-5-7-10-19)14-22(25)24(30)28-20-11-8-12-21(13-20)29(3)4/h5-13,15,22H,14,16H2,1-4H3,(H,28,30). The number of ether oxygens (including phenoxy) is 1. The maximum atomic E-state index is 13.2. The van der Waals surface area contributed by atoms with Crippen LogP contribution in [0.4, 0.5) is 11.4 Å². The fraction of sp³-hybridized carbons (Fsp3) is 0.320. The number of amides is 1. The Kier molecular flexibility index (Phi) is 5.63. The minimum Gasteiger partial charge on any atom is -0.489 e. The van der Waals surface area contributed by atoms with Crippen LogP contribution in [0, 0.1) is 19.8 Å². The maximum absolute atomic E-state index is 13.2. The summed E-state index contributed by atoms with van der Waals surface area (Å²) in [7, 11) is 3.97. The second kappa shape index (κ2) is 8.38. The van der Waals surface area contributed by atoms with Crippen molar-refractivity contribution < 1.29 is 9.53 Å². The smallest absolute Gasteiger partial charge is 0.228 e. The summed E-state index contributed by atoms with van der Waals surface area (Å²) in [6, 6.07) is 18.0. The lowest BCUT2D eigenvalue weighted by atomic mass is 9.93. The molecule has 0 aliphatic heterocycles. The summed E-state index contributed by atoms with van der Waals surface area (Å²) in [5, 5.41) is 3.09. The summed E-state index contributed by atoms with van der Waals surface area (Å²) >= 11 is 0. The van der Waals surface area contributed by atoms with Gasteiger partial charge < -0.3 is 15.0 Å². The number of hydrogen-bond donors (Lipinski definition) is 1. The van der Waals surface area contributed by atoms with Crippen LogP contribution in [0.1, 0.15) is 23.5 Å². The summed E-state index contributed by atoms with van der Waals surface area (Å²) in [6.07, 6.45) is 2.45. The number of aryl methyl sites for hydroxylation is 2. The van der Waals surface area contributed by atoms with Gasteiger partial charge in [-0.25, -0.2) is 9.97 Å². The van der Waals surface area contributed by atoms with E-state index < -0.39 is 0 Å². The highest BCUT2D eigenvalue weighted by Gasteiger charge is 2.60. The molecule has 6 nitrogen and oxygen atoms in total. The molecule has 2 aromatic carbocycles. The molecular weight excluding hydrogens is 388 g/mol. The number of anilines is 2. The van der Waals surface area contributed by atoms with Crippen LogP contribution < -0.4 is 15.0 Å². The minimum absolute atomic E-state index is 0.0141. The number of rotatable bonds is 7. The maximum Gasteiger partial charge on any atom is 0.228 e. The number of aromatic nitrogens is 2. The Morgan fingerprint density at radius 1 is 1.16 bits per heavy atom. The summed E-state index contributed by atoms with van der Waals surface area (Å²) in [5.41, 5.74) is 3.40. The molecule has 0 spiro atoms. The fourth-order valence-corrected chi connectivity index (χ4v) is 3.99. The molecule has 2 atom stereocenters. The number of carbonyl (C=O) groups excluding carboxylic acids is 1. The van der Waals surface area contributed by atoms with E-state index in [-0.39, 0.29) is 17.2 Å². The van der Waals surface area contributed by atoms with Crippen LogP contribution in [0.3, 0.4) is 0 Å². The lowest BCUT2D eigenvalue weighted by molar-refractivity contribution is -0.117. The molecule has 1 amide bonds. The van der Waals surface area contributed by atoms with Crippen molar-refractivity contribution >= 4 is 17.3 Å². The Balaban J connectivity index is 1.53. The first-order valence-corrected chi connectivity index (χ1v) is 10.5. The van der Waals surface area contributed by atoms with E-state index in [0.717, 1.165) is 29.1 Å². The summed E-state index contributed by atoms with van der Waals surface area (Å²) in [4.78, 5) is 23.8. The quantitative estimate of drug-likeness (QED) is 0.627. The molecule has 0 radical (unpaired) electrons. The Morgan fingerprint density at radius 2 is 1.94 bits per heavy atom. The van der Waals surface area contributed by atoms with Crippen molar-refractivity contribution in [2.24, 2.45) is 5.92 Å². The molecule has 0 bridgehead atoms. The Morgan fingerprint density at radius 3 is 2.65 bits per heavy atom. The first kappa shape index (κ1) is 20.8. The van der Waals surface area contributed by atoms with Gasteiger partial charge in [0, 0.05) is 30.9 Å². The predicted octanol–water partition coefficient (Wildman–Crippen LogP) is 4.13. The fourth-order valence-electron chi connectivity index (χ4n) is 3.99. The zero-order chi connectivity index (χ0) is 22.0. The van der Waals surface area contributed by atoms with Crippen molar-refractivity contribution in [3.05, 3.63) is 77.9 Å². The topological polar surface area (TPSA) is 67.3 Å². The molecule has 2 unspecified atom stereocenters. The second-order valence-electron chi connectivity index (χ2n) is 8.37. The Hall–Kier alpha value is -3.41. The molecule has 1 fully saturated rings. The van der Waals surface area contributed by atoms with Crippen LogP contribution >= 0.6 is 0 Å². The van der Waals surface area contributed by atoms with Crippen LogP contribution in [-0.4, -0.2) is 36.6 Å². The summed E-state index contributed by atoms with van der Waals surface area (Å²) < 4.78 is 6.14. The highest BCUT2D eigenvalue weighted by molar-refractivity contribution is 5.96. The van der Waals surface area contributed by atoms with Gasteiger partial charge in [0.25, 0.3) is 0 Å². The lowest BCUT2D eigenvalue weighted by Crippen LogP contribution is -2.26. The molecular formula is C25H28N4O2. The van der Waals surface area contributed by atoms with E-state index >= 15 is 0 Å². The molecule has 1 saturated carbocycles. The molecule has 6 heteroatoms. The van der Waals surface area contributed by atoms with Gasteiger partial charge in [-0.15, -0.1) is 0 Å². The summed E-state index contributed by atoms with van der Waals surface area (Å²) in [5.74, 6) is 1.22. The van der Waals surface area contributed by atoms with E-state index in [4.69, 9.17) is 4.74 Å². The van der Waals surface area contributed by atoms with Crippen molar-refractivity contribution in [3.8, 4) is 5.75 Å². The number of carbonyl (C=O) groups is 1. The van der Waals surface area contributed by atoms with Gasteiger partial charge >= 0.3 is 0 Å². The van der Waals surface area contributed by atoms with Crippen LogP contribution in [0.15, 0.2) is 60.8 Å². The SMILES string of the molecule is Cc1ncc(OCC2(c3ccccc3)CC2C(=O)Nc2cccc(N(C)C)c2)c(C)n1. The first-order chi connectivity index (χ1) is 14.9. The normalized spacial score (nSPS) is 19.5. The zero-order valence-electron chi connectivity index (χ0n) is 18.4. The van der Waals surface area contributed by atoms with Gasteiger partial charge in [0.05, 0.1) is 24.4 Å². The molecule has 1 aliphatic rings. The van der Waals surface area contributed by atoms with E-state index in [1.807, 2.05) is 75.3 Å². The van der Waals surface area contributed by atoms with Gasteiger partial charge in [0.15, 0.2) is 5.75 Å². The van der Waals surface area contributed by atoms with Crippen LogP contribution in [0.2, 0.25) is 0 Å². The number of nitrogens with one attached hydrogen (secondary N) is 1. The third-order valence-electron chi connectivity index (χ3n) is 5.91. The largest absolute Gasteiger partial charge is 0.489 e. The van der Waals surface area contributed by atoms with Gasteiger partial charge in [-0.05, 0) is 44.0 Å². The highest BCUT2D eigenvalue weighted by Crippen LogP contribution is 2.55. The van der Waals surface area contributed by atoms with E-state index in [0.29, 0.717) is 18.2 Å². The van der Waals surface area contributed by atoms with Crippen LogP contribution in [0.5, 0.6) is 5.75 Å². The minimum atomic E-state index is -0.359. The van der Waals surface area contributed by atoms with Crippen LogP contribution in [0.25, 0.3) is 0 Å². The summed E-state index contributed by atoms with van der Waals surface area (Å²) in [6.45, 7) is 4.17. The third-order valence-corrected chi connectivity index (χ3v) is 5.91. The van der Waals surface area contributed by atoms with Crippen molar-refractivity contribution in [2.45, 2.75) is 25.7 Å². The molecule has 3 aromatic rings. The van der Waals surface area contributed by atoms with Crippen LogP contribution in [-0.2, 0) is 10.2 Å². The zero-order valence-corrected chi connectivity index (χ0v) is 18.4. The first-order valence-electron chi connectivity index (χ1n) is 10.5. The Bertz CT molecular complexity index is 1080. The number of nitrogens with zero attached hydrogens (tertiary/aromatic N) is 3. The van der Waals surface area contributed by atoms with Gasteiger partial charge in [0.2, 0.25) is 5.91 Å². The monoisotopic (exact) mass is 416 g/mol. The lowest BCUT2D eigenvalue weighted by Gasteiger charge is -2.20. The van der Waals surface area contributed by atoms with Crippen molar-refractivity contribution in [1.82, 2.24) is 9.97 Å². The van der Waals surface area contributed by atoms with E-state index in [9.17, 15) is 4.79 Å². The van der Waals surface area contributed by atoms with E-state index in [1.165, 1.54) is 0 Å². The molecule has 160 valence electrons. The van der Waals surface area contributed by atoms with E-state index in [2.05, 4.69) is 27.4 Å². The van der Waals surface area contributed by atoms with Gasteiger partial charge in [-0.3, -0.25) is 4.79 Å². The molecule has 1 aliphatic carbocycles. The van der Waals surface area contributed by atoms with Crippen molar-refractivity contribution in [1.29, 1.82) is 0 Å². The highest BCUT2D eigenvalue weighted by atomic mass is 16.5. The van der Waals surface area contributed by atoms with Crippen molar-refractivity contribution in [3.63, 3.8) is 0 Å². The number of hydrogen-bond acceptors (Lipinski definition) is 5. The third kappa shape index (κ3) is 4.38. The molecule has 4 rings (SSSR count). The van der Waals surface area contributed by atoms with Gasteiger partial charge in [0.1, 0.15) is 5.82 Å². The van der Waals surface area contributed by atoms with Crippen molar-refractivity contribution in [2.75, 3.05) is 30.9 Å².